The molecule has 0 unspecified atom stereocenters. The molecule has 2 aromatic heterocycles. The predicted octanol–water partition coefficient (Wildman–Crippen LogP) is 17.8. The number of hydrogen-bond donors (Lipinski definition) is 0. The van der Waals surface area contributed by atoms with Crippen LogP contribution >= 0.6 is 0 Å². The van der Waals surface area contributed by atoms with Gasteiger partial charge in [0.25, 0.3) is 0 Å². The molecule has 11 heteroatoms. The van der Waals surface area contributed by atoms with E-state index in [0.29, 0.717) is 39.7 Å². The molecule has 7 aromatic carbocycles. The second-order valence-electron chi connectivity index (χ2n) is 21.2. The molecule has 376 valence electrons. The molecule has 1 aliphatic rings. The summed E-state index contributed by atoms with van der Waals surface area (Å²) in [6.45, 7) is 22.5. The Morgan fingerprint density at radius 1 is 0.562 bits per heavy atom. The van der Waals surface area contributed by atoms with Crippen molar-refractivity contribution >= 4 is 44.6 Å². The van der Waals surface area contributed by atoms with E-state index in [1.54, 1.807) is 23.7 Å². The summed E-state index contributed by atoms with van der Waals surface area (Å²) in [7, 11) is 0. The maximum absolute atomic E-state index is 16.4. The third-order valence-electron chi connectivity index (χ3n) is 13.6. The van der Waals surface area contributed by atoms with Gasteiger partial charge in [-0.15, -0.1) is 48.1 Å². The minimum atomic E-state index is -2.22. The van der Waals surface area contributed by atoms with Gasteiger partial charge < -0.3 is 19.1 Å². The molecule has 0 atom stereocenters. The van der Waals surface area contributed by atoms with Crippen molar-refractivity contribution in [2.75, 3.05) is 9.80 Å². The molecule has 0 spiro atoms. The number of aromatic nitrogens is 2. The van der Waals surface area contributed by atoms with E-state index in [0.717, 1.165) is 49.9 Å². The van der Waals surface area contributed by atoms with Crippen LogP contribution < -0.4 is 14.5 Å². The van der Waals surface area contributed by atoms with Gasteiger partial charge in [0.05, 0.1) is 5.56 Å². The van der Waals surface area contributed by atoms with E-state index >= 15 is 17.6 Å². The maximum atomic E-state index is 16.4. The molecule has 9 aromatic rings. The van der Waals surface area contributed by atoms with Crippen LogP contribution in [0.25, 0.3) is 49.9 Å². The van der Waals surface area contributed by atoms with E-state index in [1.165, 1.54) is 0 Å². The zero-order chi connectivity index (χ0) is 51.1. The van der Waals surface area contributed by atoms with Crippen molar-refractivity contribution < 1.29 is 47.8 Å². The molecule has 0 fully saturated rings. The van der Waals surface area contributed by atoms with E-state index in [1.807, 2.05) is 117 Å². The average Bonchev–Trinajstić information content (AvgIpc) is 3.90. The molecule has 0 N–H and O–H groups in total. The third kappa shape index (κ3) is 9.21. The smallest absolute Gasteiger partial charge is 0.200 e. The Bertz CT molecular complexity index is 3550. The number of rotatable bonds is 9. The minimum Gasteiger partial charge on any atom is -0.509 e. The summed E-state index contributed by atoms with van der Waals surface area (Å²) in [5.41, 5.74) is 7.01. The van der Waals surface area contributed by atoms with Crippen LogP contribution in [0.4, 0.5) is 44.7 Å². The first-order valence-corrected chi connectivity index (χ1v) is 24.2. The van der Waals surface area contributed by atoms with Crippen molar-refractivity contribution in [3.05, 3.63) is 198 Å². The van der Waals surface area contributed by atoms with Crippen LogP contribution in [0.15, 0.2) is 128 Å². The summed E-state index contributed by atoms with van der Waals surface area (Å²) in [6, 6.07) is 45.9. The van der Waals surface area contributed by atoms with Gasteiger partial charge in [-0.2, -0.15) is 12.1 Å². The Labute approximate surface area is 438 Å². The summed E-state index contributed by atoms with van der Waals surface area (Å²) < 4.78 is 87.3. The number of benzene rings is 7. The van der Waals surface area contributed by atoms with Crippen molar-refractivity contribution in [1.29, 1.82) is 0 Å². The average molecular weight is 1160 g/mol. The summed E-state index contributed by atoms with van der Waals surface area (Å²) in [5, 5.41) is 2.03. The Kier molecular flexibility index (Phi) is 13.5. The van der Waals surface area contributed by atoms with Crippen molar-refractivity contribution in [3.63, 3.8) is 0 Å². The number of fused-ring (bicyclic) bond motifs is 4. The molecule has 73 heavy (non-hydrogen) atoms. The van der Waals surface area contributed by atoms with Crippen molar-refractivity contribution in [1.82, 2.24) is 9.55 Å². The third-order valence-corrected chi connectivity index (χ3v) is 13.6. The zero-order valence-corrected chi connectivity index (χ0v) is 44.5. The van der Waals surface area contributed by atoms with Crippen LogP contribution in [-0.4, -0.2) is 9.55 Å². The fourth-order valence-electron chi connectivity index (χ4n) is 9.49. The molecule has 0 saturated carbocycles. The van der Waals surface area contributed by atoms with Crippen LogP contribution in [0.2, 0.25) is 0 Å². The number of halogens is 5. The predicted molar refractivity (Wildman–Crippen MR) is 280 cm³/mol. The first kappa shape index (κ1) is 51.1. The van der Waals surface area contributed by atoms with Crippen LogP contribution in [0.1, 0.15) is 103 Å². The van der Waals surface area contributed by atoms with Gasteiger partial charge in [-0.1, -0.05) is 123 Å². The quantitative estimate of drug-likeness (QED) is 0.0624. The van der Waals surface area contributed by atoms with Crippen molar-refractivity contribution in [2.45, 2.75) is 91.9 Å². The van der Waals surface area contributed by atoms with Gasteiger partial charge in [0.15, 0.2) is 23.3 Å². The molecular weight excluding hydrogens is 1110 g/mol. The van der Waals surface area contributed by atoms with E-state index in [9.17, 15) is 4.39 Å². The summed E-state index contributed by atoms with van der Waals surface area (Å²) in [5.74, 6) is -8.31. The Morgan fingerprint density at radius 2 is 1.15 bits per heavy atom. The SMILES string of the molecule is CC(C)c1cc(-c2cc(C(C)(C)C)cc(-c3c(F)c(F)c(F)c(F)c3F)c2N2[CH-]N(c3[c-]c(Oc4[c-]c5c(cc4)c4ccccc4n5-c4cc(C(C)(C)C)ccn4)ccc3)c3ccccc32)cc(C(C)C)c1.[Pt]. The number of nitrogens with zero attached hydrogens (tertiary/aromatic N) is 4. The number of para-hydroxylation sites is 3. The van der Waals surface area contributed by atoms with Gasteiger partial charge >= 0.3 is 0 Å². The van der Waals surface area contributed by atoms with Crippen LogP contribution in [0, 0.1) is 47.9 Å². The minimum absolute atomic E-state index is 0. The number of pyridine rings is 1. The molecule has 1 aliphatic heterocycles. The number of hydrogen-bond acceptors (Lipinski definition) is 4. The maximum Gasteiger partial charge on any atom is 0.200 e. The molecule has 3 heterocycles. The van der Waals surface area contributed by atoms with Gasteiger partial charge in [-0.3, -0.25) is 0 Å². The normalized spacial score (nSPS) is 12.9. The van der Waals surface area contributed by atoms with E-state index in [4.69, 9.17) is 9.72 Å². The second-order valence-corrected chi connectivity index (χ2v) is 21.2. The van der Waals surface area contributed by atoms with Gasteiger partial charge in [0, 0.05) is 72.5 Å². The molecule has 0 saturated heterocycles. The fourth-order valence-corrected chi connectivity index (χ4v) is 9.49. The standard InChI is InChI=1S/C62H54F5N4O.Pt/c1-35(2)37-26-38(36(3)4)28-39(27-37)47-29-41(62(8,9)10)30-48(54-55(63)57(65)59(67)58(66)56(54)64)60(47)70-34-69(50-20-13-14-21-51(50)70)42-16-15-17-43(32-42)72-44-22-23-46-45-18-11-12-19-49(45)71(52(46)33-44)53-31-40(24-25-68-53)61(5,6)7;/h11-31,34-36H,1-10H3;/q-3;. The Hall–Kier alpha value is -6.77. The monoisotopic (exact) mass is 1160 g/mol. The van der Waals surface area contributed by atoms with Gasteiger partial charge in [-0.05, 0) is 98.3 Å². The molecule has 0 amide bonds. The fraction of sp³-hybridized carbons (Fsp3) is 0.226. The molecule has 0 radical (unpaired) electrons. The second kappa shape index (κ2) is 19.3. The molecule has 0 bridgehead atoms. The number of anilines is 4. The van der Waals surface area contributed by atoms with Gasteiger partial charge in [0.1, 0.15) is 5.82 Å². The van der Waals surface area contributed by atoms with Crippen LogP contribution in [0.5, 0.6) is 11.5 Å². The first-order valence-electron chi connectivity index (χ1n) is 24.2. The first-order chi connectivity index (χ1) is 34.2. The number of ether oxygens (including phenoxy) is 1. The van der Waals surface area contributed by atoms with E-state index in [2.05, 4.69) is 89.4 Å². The van der Waals surface area contributed by atoms with E-state index in [-0.39, 0.29) is 49.6 Å². The largest absolute Gasteiger partial charge is 0.509 e. The zero-order valence-electron chi connectivity index (χ0n) is 42.3. The van der Waals surface area contributed by atoms with Crippen LogP contribution in [-0.2, 0) is 31.9 Å². The topological polar surface area (TPSA) is 33.5 Å². The van der Waals surface area contributed by atoms with Gasteiger partial charge in [-0.25, -0.2) is 26.9 Å². The summed E-state index contributed by atoms with van der Waals surface area (Å²) in [6.07, 6.45) is 1.83. The molecule has 10 rings (SSSR count). The molecule has 5 nitrogen and oxygen atoms in total. The Balaban J connectivity index is 0.00000656. The summed E-state index contributed by atoms with van der Waals surface area (Å²) >= 11 is 0. The molecule has 0 aliphatic carbocycles. The molecular formula is C62H54F5N4OPt-3. The van der Waals surface area contributed by atoms with Crippen molar-refractivity contribution in [3.8, 4) is 39.6 Å². The van der Waals surface area contributed by atoms with E-state index < -0.39 is 40.1 Å². The summed E-state index contributed by atoms with van der Waals surface area (Å²) in [4.78, 5) is 8.45. The van der Waals surface area contributed by atoms with Gasteiger partial charge in [0.2, 0.25) is 5.82 Å². The van der Waals surface area contributed by atoms with Crippen molar-refractivity contribution in [2.24, 2.45) is 0 Å². The Morgan fingerprint density at radius 3 is 1.79 bits per heavy atom. The van der Waals surface area contributed by atoms with Crippen LogP contribution in [0.3, 0.4) is 0 Å².